The molecule has 1 spiro atoms. The van der Waals surface area contributed by atoms with Crippen molar-refractivity contribution in [1.29, 1.82) is 0 Å². The Morgan fingerprint density at radius 3 is 2.72 bits per heavy atom. The molecule has 1 aliphatic carbocycles. The number of rotatable bonds is 4. The molecule has 6 nitrogen and oxygen atoms in total. The van der Waals surface area contributed by atoms with Crippen LogP contribution in [0.5, 0.6) is 0 Å². The quantitative estimate of drug-likeness (QED) is 0.729. The Balaban J connectivity index is 1.28. The van der Waals surface area contributed by atoms with Gasteiger partial charge in [-0.15, -0.1) is 0 Å². The van der Waals surface area contributed by atoms with Crippen LogP contribution in [0.3, 0.4) is 0 Å². The molecular weight excluding hydrogens is 316 g/mol. The number of hydrogen-bond donors (Lipinski definition) is 0. The van der Waals surface area contributed by atoms with E-state index in [1.54, 1.807) is 12.5 Å². The van der Waals surface area contributed by atoms with Crippen molar-refractivity contribution in [3.8, 4) is 17.1 Å². The number of ether oxygens (including phenoxy) is 1. The second-order valence-corrected chi connectivity index (χ2v) is 7.05. The van der Waals surface area contributed by atoms with Crippen LogP contribution in [0.1, 0.15) is 38.0 Å². The number of hydrogen-bond acceptors (Lipinski definition) is 5. The Hall–Kier alpha value is -2.47. The van der Waals surface area contributed by atoms with Gasteiger partial charge < -0.3 is 13.8 Å². The number of nitrogens with zero attached hydrogens (tertiary/aromatic N) is 4. The Bertz CT molecular complexity index is 850. The molecule has 0 amide bonds. The third-order valence-electron chi connectivity index (χ3n) is 5.40. The molecule has 1 aliphatic heterocycles. The summed E-state index contributed by atoms with van der Waals surface area (Å²) in [5, 5.41) is 4.13. The molecule has 0 N–H and O–H groups in total. The maximum absolute atomic E-state index is 6.22. The van der Waals surface area contributed by atoms with E-state index in [1.165, 1.54) is 25.7 Å². The Labute approximate surface area is 145 Å². The lowest BCUT2D eigenvalue weighted by Gasteiger charge is -2.37. The van der Waals surface area contributed by atoms with Gasteiger partial charge in [0.1, 0.15) is 0 Å². The smallest absolute Gasteiger partial charge is 0.229 e. The van der Waals surface area contributed by atoms with Crippen LogP contribution >= 0.6 is 0 Å². The van der Waals surface area contributed by atoms with Gasteiger partial charge >= 0.3 is 0 Å². The molecule has 2 fully saturated rings. The summed E-state index contributed by atoms with van der Waals surface area (Å²) in [5.74, 6) is 1.29. The third kappa shape index (κ3) is 2.76. The monoisotopic (exact) mass is 336 g/mol. The zero-order chi connectivity index (χ0) is 16.7. The second-order valence-electron chi connectivity index (χ2n) is 7.05. The summed E-state index contributed by atoms with van der Waals surface area (Å²) in [4.78, 5) is 8.61. The van der Waals surface area contributed by atoms with Crippen molar-refractivity contribution in [2.45, 2.75) is 50.2 Å². The highest BCUT2D eigenvalue weighted by Crippen LogP contribution is 2.46. The molecule has 1 saturated carbocycles. The van der Waals surface area contributed by atoms with E-state index in [0.717, 1.165) is 17.7 Å². The topological polar surface area (TPSA) is 66.0 Å². The lowest BCUT2D eigenvalue weighted by Crippen LogP contribution is -2.37. The third-order valence-corrected chi connectivity index (χ3v) is 5.40. The van der Waals surface area contributed by atoms with E-state index in [0.29, 0.717) is 18.1 Å². The predicted molar refractivity (Wildman–Crippen MR) is 91.2 cm³/mol. The van der Waals surface area contributed by atoms with Crippen LogP contribution in [-0.2, 0) is 11.2 Å². The van der Waals surface area contributed by atoms with Crippen LogP contribution in [0.15, 0.2) is 47.5 Å². The molecule has 25 heavy (non-hydrogen) atoms. The summed E-state index contributed by atoms with van der Waals surface area (Å²) in [6.45, 7) is 0. The zero-order valence-electron chi connectivity index (χ0n) is 14.0. The van der Waals surface area contributed by atoms with Crippen LogP contribution in [0.2, 0.25) is 0 Å². The van der Waals surface area contributed by atoms with Crippen molar-refractivity contribution in [1.82, 2.24) is 19.7 Å². The first-order chi connectivity index (χ1) is 12.3. The van der Waals surface area contributed by atoms with Crippen LogP contribution in [0.25, 0.3) is 17.1 Å². The predicted octanol–water partition coefficient (Wildman–Crippen LogP) is 3.57. The van der Waals surface area contributed by atoms with Crippen LogP contribution in [-0.4, -0.2) is 31.4 Å². The van der Waals surface area contributed by atoms with Crippen molar-refractivity contribution in [2.75, 3.05) is 0 Å². The average Bonchev–Trinajstić information content (AvgIpc) is 3.35. The van der Waals surface area contributed by atoms with Crippen molar-refractivity contribution in [3.63, 3.8) is 0 Å². The highest BCUT2D eigenvalue weighted by molar-refractivity contribution is 5.56. The van der Waals surface area contributed by atoms with E-state index in [-0.39, 0.29) is 11.7 Å². The van der Waals surface area contributed by atoms with Gasteiger partial charge in [-0.25, -0.2) is 4.98 Å². The minimum absolute atomic E-state index is 0.177. The van der Waals surface area contributed by atoms with Gasteiger partial charge in [0.05, 0.1) is 24.5 Å². The normalized spacial score (nSPS) is 21.5. The first-order valence-corrected chi connectivity index (χ1v) is 8.89. The van der Waals surface area contributed by atoms with E-state index >= 15 is 0 Å². The molecule has 2 aliphatic rings. The van der Waals surface area contributed by atoms with Crippen molar-refractivity contribution < 1.29 is 9.26 Å². The number of benzene rings is 1. The average molecular weight is 336 g/mol. The van der Waals surface area contributed by atoms with Gasteiger partial charge in [-0.3, -0.25) is 0 Å². The molecule has 2 aromatic heterocycles. The Morgan fingerprint density at radius 1 is 1.16 bits per heavy atom. The minimum atomic E-state index is 0.177. The van der Waals surface area contributed by atoms with Crippen LogP contribution in [0, 0.1) is 0 Å². The molecule has 3 heterocycles. The number of imidazole rings is 1. The fourth-order valence-electron chi connectivity index (χ4n) is 3.82. The molecule has 1 saturated heterocycles. The number of aromatic nitrogens is 4. The molecule has 1 unspecified atom stereocenters. The van der Waals surface area contributed by atoms with E-state index in [4.69, 9.17) is 9.26 Å². The molecular formula is C19H20N4O2. The highest BCUT2D eigenvalue weighted by Gasteiger charge is 2.45. The summed E-state index contributed by atoms with van der Waals surface area (Å²) >= 11 is 0. The lowest BCUT2D eigenvalue weighted by molar-refractivity contribution is -0.0916. The van der Waals surface area contributed by atoms with E-state index in [1.807, 2.05) is 35.0 Å². The van der Waals surface area contributed by atoms with E-state index in [2.05, 4.69) is 15.1 Å². The van der Waals surface area contributed by atoms with Gasteiger partial charge in [0.2, 0.25) is 11.7 Å². The van der Waals surface area contributed by atoms with Crippen molar-refractivity contribution in [3.05, 3.63) is 48.9 Å². The summed E-state index contributed by atoms with van der Waals surface area (Å²) in [6, 6.07) is 8.04. The summed E-state index contributed by atoms with van der Waals surface area (Å²) in [7, 11) is 0. The van der Waals surface area contributed by atoms with Crippen molar-refractivity contribution >= 4 is 0 Å². The van der Waals surface area contributed by atoms with Crippen LogP contribution < -0.4 is 0 Å². The zero-order valence-corrected chi connectivity index (χ0v) is 14.0. The molecule has 5 rings (SSSR count). The lowest BCUT2D eigenvalue weighted by atomic mass is 9.78. The molecule has 0 radical (unpaired) electrons. The van der Waals surface area contributed by atoms with Gasteiger partial charge in [0.15, 0.2) is 0 Å². The maximum atomic E-state index is 6.22. The molecule has 3 aromatic rings. The van der Waals surface area contributed by atoms with Gasteiger partial charge in [-0.05, 0) is 56.4 Å². The fraction of sp³-hybridized carbons (Fsp3) is 0.421. The highest BCUT2D eigenvalue weighted by atomic mass is 16.5. The standard InChI is InChI=1S/C19H20N4O2/c1-7-19(8-1)9-6-16(24-19)12-17-21-18(22-25-17)14-2-4-15(5-3-14)23-11-10-20-13-23/h2-5,10-11,13,16H,1,6-9,12H2. The maximum Gasteiger partial charge on any atom is 0.229 e. The summed E-state index contributed by atoms with van der Waals surface area (Å²) in [5.41, 5.74) is 2.17. The van der Waals surface area contributed by atoms with E-state index < -0.39 is 0 Å². The fourth-order valence-corrected chi connectivity index (χ4v) is 3.82. The summed E-state index contributed by atoms with van der Waals surface area (Å²) in [6.07, 6.45) is 12.4. The SMILES string of the molecule is c1cn(-c2ccc(-c3noc(CC4CCC5(CCC5)O4)n3)cc2)cn1. The first-order valence-electron chi connectivity index (χ1n) is 8.89. The molecule has 0 bridgehead atoms. The second kappa shape index (κ2) is 5.81. The van der Waals surface area contributed by atoms with Gasteiger partial charge in [0.25, 0.3) is 0 Å². The molecule has 6 heteroatoms. The summed E-state index contributed by atoms with van der Waals surface area (Å²) < 4.78 is 13.6. The Kier molecular flexibility index (Phi) is 3.45. The van der Waals surface area contributed by atoms with Gasteiger partial charge in [-0.1, -0.05) is 5.16 Å². The van der Waals surface area contributed by atoms with Gasteiger partial charge in [-0.2, -0.15) is 4.98 Å². The largest absolute Gasteiger partial charge is 0.371 e. The molecule has 1 aromatic carbocycles. The van der Waals surface area contributed by atoms with Crippen LogP contribution in [0.4, 0.5) is 0 Å². The van der Waals surface area contributed by atoms with E-state index in [9.17, 15) is 0 Å². The Morgan fingerprint density at radius 2 is 2.04 bits per heavy atom. The van der Waals surface area contributed by atoms with Gasteiger partial charge in [0, 0.05) is 23.6 Å². The molecule has 128 valence electrons. The molecule has 1 atom stereocenters. The minimum Gasteiger partial charge on any atom is -0.371 e. The first kappa shape index (κ1) is 14.8. The van der Waals surface area contributed by atoms with Crippen molar-refractivity contribution in [2.24, 2.45) is 0 Å².